The van der Waals surface area contributed by atoms with Crippen molar-refractivity contribution in [1.82, 2.24) is 9.80 Å². The number of hydrogen-bond donors (Lipinski definition) is 1. The van der Waals surface area contributed by atoms with Crippen LogP contribution in [0.4, 0.5) is 4.79 Å². The number of ether oxygens (including phenoxy) is 3. The molecule has 1 aromatic rings. The van der Waals surface area contributed by atoms with Crippen LogP contribution < -0.4 is 4.74 Å². The van der Waals surface area contributed by atoms with Gasteiger partial charge in [0.05, 0.1) is 30.1 Å². The Labute approximate surface area is 238 Å². The molecule has 5 rings (SSSR count). The number of rotatable bonds is 10. The van der Waals surface area contributed by atoms with Crippen LogP contribution in [0, 0.1) is 23.2 Å². The number of aliphatic carboxylic acids is 1. The molecule has 0 bridgehead atoms. The first kappa shape index (κ1) is 28.5. The Morgan fingerprint density at radius 2 is 1.93 bits per heavy atom. The molecular formula is C29H35N3O7S. The number of carboxylic acid groups (broad SMARTS) is 1. The Bertz CT molecular complexity index is 1250. The molecular weight excluding hydrogens is 534 g/mol. The Hall–Kier alpha value is -3.07. The molecule has 1 N–H and O–H groups in total. The smallest absolute Gasteiger partial charge is 0.329 e. The van der Waals surface area contributed by atoms with Crippen LogP contribution in [0.5, 0.6) is 5.75 Å². The average molecular weight is 570 g/mol. The van der Waals surface area contributed by atoms with Crippen molar-refractivity contribution in [1.29, 1.82) is 5.26 Å². The van der Waals surface area contributed by atoms with E-state index in [0.717, 1.165) is 23.3 Å². The molecule has 214 valence electrons. The lowest BCUT2D eigenvalue weighted by molar-refractivity contribution is -0.158. The summed E-state index contributed by atoms with van der Waals surface area (Å²) in [6, 6.07) is 9.05. The predicted octanol–water partition coefficient (Wildman–Crippen LogP) is 4.33. The summed E-state index contributed by atoms with van der Waals surface area (Å²) in [5, 5.41) is 19.0. The molecule has 0 aromatic heterocycles. The van der Waals surface area contributed by atoms with Crippen molar-refractivity contribution in [3.63, 3.8) is 0 Å². The fraction of sp³-hybridized carbons (Fsp3) is 0.586. The molecule has 1 aromatic carbocycles. The predicted molar refractivity (Wildman–Crippen MR) is 146 cm³/mol. The number of fused-ring (bicyclic) bond motifs is 1. The summed E-state index contributed by atoms with van der Waals surface area (Å²) in [5.41, 5.74) is -0.463. The van der Waals surface area contributed by atoms with Crippen molar-refractivity contribution in [2.45, 2.75) is 69.6 Å². The summed E-state index contributed by atoms with van der Waals surface area (Å²) in [5.74, 6) is -1.52. The Balaban J connectivity index is 1.52. The van der Waals surface area contributed by atoms with Gasteiger partial charge in [-0.1, -0.05) is 30.0 Å². The number of urea groups is 1. The largest absolute Gasteiger partial charge is 0.493 e. The van der Waals surface area contributed by atoms with Gasteiger partial charge in [-0.15, -0.1) is 0 Å². The van der Waals surface area contributed by atoms with E-state index in [9.17, 15) is 24.8 Å². The third-order valence-electron chi connectivity index (χ3n) is 8.09. The Morgan fingerprint density at radius 1 is 1.23 bits per heavy atom. The molecule has 2 saturated heterocycles. The second-order valence-corrected chi connectivity index (χ2v) is 12.4. The normalized spacial score (nSPS) is 24.6. The van der Waals surface area contributed by atoms with Gasteiger partial charge in [0.1, 0.15) is 28.8 Å². The molecule has 3 heterocycles. The standard InChI is InChI=1S/C29H35N3O7S/c1-17-23(14-30)40-26-24(17)25(33)32(29(2,3)27(34)35)28(36)31(26)15-22(39-19-10-12-37-13-11-19)20-6-4-5-7-21(20)38-16-18-8-9-18/h4-7,18-19,22,24,26H,8-13,15-16H2,1-3H3,(H,34,35). The molecule has 10 nitrogen and oxygen atoms in total. The van der Waals surface area contributed by atoms with Gasteiger partial charge in [0.15, 0.2) is 0 Å². The minimum Gasteiger partial charge on any atom is -0.493 e. The van der Waals surface area contributed by atoms with Gasteiger partial charge >= 0.3 is 12.0 Å². The number of nitrogens with zero attached hydrogens (tertiary/aromatic N) is 3. The number of carbonyl (C=O) groups is 3. The summed E-state index contributed by atoms with van der Waals surface area (Å²) < 4.78 is 18.4. The second kappa shape index (κ2) is 11.4. The van der Waals surface area contributed by atoms with Gasteiger partial charge in [-0.25, -0.2) is 14.5 Å². The van der Waals surface area contributed by atoms with Gasteiger partial charge in [0.2, 0.25) is 5.91 Å². The van der Waals surface area contributed by atoms with Crippen molar-refractivity contribution in [2.24, 2.45) is 11.8 Å². The third-order valence-corrected chi connectivity index (χ3v) is 9.50. The summed E-state index contributed by atoms with van der Waals surface area (Å²) >= 11 is 1.17. The summed E-state index contributed by atoms with van der Waals surface area (Å²) in [4.78, 5) is 42.6. The van der Waals surface area contributed by atoms with Crippen molar-refractivity contribution in [3.05, 3.63) is 40.3 Å². The highest BCUT2D eigenvalue weighted by atomic mass is 32.2. The van der Waals surface area contributed by atoms with Crippen molar-refractivity contribution >= 4 is 29.7 Å². The Morgan fingerprint density at radius 3 is 2.58 bits per heavy atom. The molecule has 3 atom stereocenters. The maximum atomic E-state index is 14.0. The number of benzene rings is 1. The topological polar surface area (TPSA) is 129 Å². The van der Waals surface area contributed by atoms with E-state index in [1.807, 2.05) is 24.3 Å². The van der Waals surface area contributed by atoms with Crippen LogP contribution in [0.1, 0.15) is 58.1 Å². The summed E-state index contributed by atoms with van der Waals surface area (Å²) in [7, 11) is 0. The van der Waals surface area contributed by atoms with E-state index >= 15 is 0 Å². The van der Waals surface area contributed by atoms with Crippen LogP contribution in [-0.4, -0.2) is 76.2 Å². The highest BCUT2D eigenvalue weighted by Crippen LogP contribution is 2.49. The number of nitriles is 1. The van der Waals surface area contributed by atoms with Crippen LogP contribution >= 0.6 is 11.8 Å². The van der Waals surface area contributed by atoms with Crippen LogP contribution in [0.25, 0.3) is 0 Å². The van der Waals surface area contributed by atoms with Gasteiger partial charge in [-0.3, -0.25) is 4.79 Å². The minimum absolute atomic E-state index is 0.0552. The molecule has 3 amide bonds. The molecule has 1 aliphatic carbocycles. The fourth-order valence-electron chi connectivity index (χ4n) is 5.37. The zero-order chi connectivity index (χ0) is 28.6. The van der Waals surface area contributed by atoms with Gasteiger partial charge in [-0.05, 0) is 64.0 Å². The molecule has 3 aliphatic heterocycles. The van der Waals surface area contributed by atoms with Crippen molar-refractivity contribution < 1.29 is 33.7 Å². The molecule has 1 saturated carbocycles. The van der Waals surface area contributed by atoms with Gasteiger partial charge in [0.25, 0.3) is 0 Å². The monoisotopic (exact) mass is 569 g/mol. The maximum Gasteiger partial charge on any atom is 0.329 e. The van der Waals surface area contributed by atoms with Crippen LogP contribution in [0.15, 0.2) is 34.7 Å². The molecule has 3 fully saturated rings. The van der Waals surface area contributed by atoms with Gasteiger partial charge < -0.3 is 24.2 Å². The summed E-state index contributed by atoms with van der Waals surface area (Å²) in [6.07, 6.45) is 2.97. The molecule has 4 aliphatic rings. The lowest BCUT2D eigenvalue weighted by atomic mass is 9.91. The number of carbonyl (C=O) groups excluding carboxylic acids is 2. The average Bonchev–Trinajstić information content (AvgIpc) is 3.70. The van der Waals surface area contributed by atoms with Crippen LogP contribution in [0.3, 0.4) is 0 Å². The van der Waals surface area contributed by atoms with E-state index in [0.29, 0.717) is 54.8 Å². The van der Waals surface area contributed by atoms with E-state index in [1.165, 1.54) is 30.5 Å². The van der Waals surface area contributed by atoms with E-state index in [4.69, 9.17) is 14.2 Å². The number of hydrogen-bond acceptors (Lipinski definition) is 8. The SMILES string of the molecule is CC1=C(C#N)SC2C1C(=O)N(C(C)(C)C(=O)O)C(=O)N2CC(OC1CCOCC1)c1ccccc1OCC1CC1. The number of imide groups is 1. The molecule has 3 unspecified atom stereocenters. The van der Waals surface area contributed by atoms with E-state index in [2.05, 4.69) is 6.07 Å². The zero-order valence-corrected chi connectivity index (χ0v) is 23.8. The number of carboxylic acids is 1. The number of amides is 3. The van der Waals surface area contributed by atoms with Gasteiger partial charge in [-0.2, -0.15) is 5.26 Å². The fourth-order valence-corrected chi connectivity index (χ4v) is 6.74. The molecule has 0 spiro atoms. The quantitative estimate of drug-likeness (QED) is 0.438. The zero-order valence-electron chi connectivity index (χ0n) is 23.0. The molecule has 40 heavy (non-hydrogen) atoms. The van der Waals surface area contributed by atoms with E-state index < -0.39 is 40.8 Å². The number of thioether (sulfide) groups is 1. The first-order chi connectivity index (χ1) is 19.1. The van der Waals surface area contributed by atoms with Crippen molar-refractivity contribution in [2.75, 3.05) is 26.4 Å². The lowest BCUT2D eigenvalue weighted by Gasteiger charge is -2.47. The highest BCUT2D eigenvalue weighted by molar-refractivity contribution is 8.04. The minimum atomic E-state index is -1.79. The van der Waals surface area contributed by atoms with Crippen molar-refractivity contribution in [3.8, 4) is 11.8 Å². The van der Waals surface area contributed by atoms with E-state index in [1.54, 1.807) is 6.92 Å². The number of para-hydroxylation sites is 1. The molecule has 11 heteroatoms. The highest BCUT2D eigenvalue weighted by Gasteiger charge is 2.57. The summed E-state index contributed by atoms with van der Waals surface area (Å²) in [6.45, 7) is 6.19. The van der Waals surface area contributed by atoms with Crippen LogP contribution in [-0.2, 0) is 19.1 Å². The van der Waals surface area contributed by atoms with Crippen LogP contribution in [0.2, 0.25) is 0 Å². The van der Waals surface area contributed by atoms with Gasteiger partial charge in [0, 0.05) is 18.8 Å². The molecule has 0 radical (unpaired) electrons. The first-order valence-electron chi connectivity index (χ1n) is 13.7. The van der Waals surface area contributed by atoms with E-state index in [-0.39, 0.29) is 12.6 Å². The lowest BCUT2D eigenvalue weighted by Crippen LogP contribution is -2.67. The third kappa shape index (κ3) is 5.45. The maximum absolute atomic E-state index is 14.0. The Kier molecular flexibility index (Phi) is 8.13. The first-order valence-corrected chi connectivity index (χ1v) is 14.6. The second-order valence-electron chi connectivity index (χ2n) is 11.3. The number of allylic oxidation sites excluding steroid dienone is 1.